The molecule has 9 heteroatoms. The number of ether oxygens (including phenoxy) is 2. The number of benzene rings is 1. The van der Waals surface area contributed by atoms with Gasteiger partial charge in [0.1, 0.15) is 5.75 Å². The highest BCUT2D eigenvalue weighted by molar-refractivity contribution is 6.31. The number of urea groups is 1. The Balaban J connectivity index is 2.04. The number of nitrogens with zero attached hydrogens (tertiary/aromatic N) is 2. The standard InChI is InChI=1S/C16H20ClN3O5/c1-24-13-5-4-11(17)10-12(13)18-16(23)20-9-3-8-19(20)14(21)6-7-15(22)25-2/h4-5,10H,3,6-9H2,1-2H3,(H,18,23). The molecule has 0 radical (unpaired) electrons. The topological polar surface area (TPSA) is 88.2 Å². The van der Waals surface area contributed by atoms with E-state index in [1.54, 1.807) is 18.2 Å². The van der Waals surface area contributed by atoms with Gasteiger partial charge >= 0.3 is 12.0 Å². The normalized spacial score (nSPS) is 13.6. The number of methoxy groups -OCH3 is 2. The second-order valence-electron chi connectivity index (χ2n) is 5.34. The second kappa shape index (κ2) is 8.57. The molecule has 0 bridgehead atoms. The summed E-state index contributed by atoms with van der Waals surface area (Å²) in [7, 11) is 2.75. The summed E-state index contributed by atoms with van der Waals surface area (Å²) in [5, 5.41) is 5.81. The molecule has 1 aromatic carbocycles. The first-order chi connectivity index (χ1) is 12.0. The SMILES string of the molecule is COC(=O)CCC(=O)N1CCCN1C(=O)Nc1cc(Cl)ccc1OC. The number of carbonyl (C=O) groups excluding carboxylic acids is 3. The Hall–Kier alpha value is -2.48. The average molecular weight is 370 g/mol. The molecule has 25 heavy (non-hydrogen) atoms. The summed E-state index contributed by atoms with van der Waals surface area (Å²) in [5.41, 5.74) is 0.411. The van der Waals surface area contributed by atoms with E-state index < -0.39 is 12.0 Å². The molecule has 8 nitrogen and oxygen atoms in total. The molecule has 0 saturated carbocycles. The first kappa shape index (κ1) is 18.9. The van der Waals surface area contributed by atoms with E-state index in [0.29, 0.717) is 36.0 Å². The third kappa shape index (κ3) is 4.76. The lowest BCUT2D eigenvalue weighted by molar-refractivity contribution is -0.146. The molecule has 0 spiro atoms. The van der Waals surface area contributed by atoms with Gasteiger partial charge in [0, 0.05) is 24.5 Å². The van der Waals surface area contributed by atoms with Crippen molar-refractivity contribution >= 4 is 35.2 Å². The number of hydrogen-bond donors (Lipinski definition) is 1. The molecule has 3 amide bonds. The summed E-state index contributed by atoms with van der Waals surface area (Å²) >= 11 is 5.95. The highest BCUT2D eigenvalue weighted by Crippen LogP contribution is 2.28. The maximum atomic E-state index is 12.5. The van der Waals surface area contributed by atoms with Crippen LogP contribution in [0.3, 0.4) is 0 Å². The molecule has 1 aromatic rings. The van der Waals surface area contributed by atoms with Crippen LogP contribution < -0.4 is 10.1 Å². The predicted octanol–water partition coefficient (Wildman–Crippen LogP) is 2.28. The maximum Gasteiger partial charge on any atom is 0.340 e. The van der Waals surface area contributed by atoms with E-state index in [9.17, 15) is 14.4 Å². The molecule has 1 aliphatic rings. The van der Waals surface area contributed by atoms with Gasteiger partial charge in [-0.15, -0.1) is 0 Å². The lowest BCUT2D eigenvalue weighted by Gasteiger charge is -2.28. The van der Waals surface area contributed by atoms with E-state index >= 15 is 0 Å². The molecule has 136 valence electrons. The first-order valence-corrected chi connectivity index (χ1v) is 8.13. The van der Waals surface area contributed by atoms with Crippen LogP contribution in [-0.4, -0.2) is 55.2 Å². The van der Waals surface area contributed by atoms with Crippen molar-refractivity contribution in [2.45, 2.75) is 19.3 Å². The van der Waals surface area contributed by atoms with Crippen LogP contribution in [0.15, 0.2) is 18.2 Å². The van der Waals surface area contributed by atoms with Gasteiger partial charge in [0.25, 0.3) is 0 Å². The molecule has 1 saturated heterocycles. The van der Waals surface area contributed by atoms with E-state index in [2.05, 4.69) is 10.1 Å². The largest absolute Gasteiger partial charge is 0.495 e. The van der Waals surface area contributed by atoms with Crippen molar-refractivity contribution in [3.05, 3.63) is 23.2 Å². The number of amides is 3. The van der Waals surface area contributed by atoms with Gasteiger partial charge in [-0.05, 0) is 24.6 Å². The zero-order valence-electron chi connectivity index (χ0n) is 14.1. The molecule has 1 aliphatic heterocycles. The third-order valence-electron chi connectivity index (χ3n) is 3.73. The van der Waals surface area contributed by atoms with Crippen molar-refractivity contribution in [1.29, 1.82) is 0 Å². The van der Waals surface area contributed by atoms with Crippen molar-refractivity contribution in [3.63, 3.8) is 0 Å². The van der Waals surface area contributed by atoms with Crippen LogP contribution >= 0.6 is 11.6 Å². The van der Waals surface area contributed by atoms with Crippen LogP contribution in [0, 0.1) is 0 Å². The zero-order chi connectivity index (χ0) is 18.4. The highest BCUT2D eigenvalue weighted by Gasteiger charge is 2.31. The monoisotopic (exact) mass is 369 g/mol. The van der Waals surface area contributed by atoms with E-state index in [0.717, 1.165) is 0 Å². The third-order valence-corrected chi connectivity index (χ3v) is 3.96. The Bertz CT molecular complexity index is 667. The van der Waals surface area contributed by atoms with Gasteiger partial charge in [-0.25, -0.2) is 9.80 Å². The van der Waals surface area contributed by atoms with E-state index in [1.165, 1.54) is 24.2 Å². The summed E-state index contributed by atoms with van der Waals surface area (Å²) in [6.07, 6.45) is 0.615. The fourth-order valence-corrected chi connectivity index (χ4v) is 2.65. The van der Waals surface area contributed by atoms with Crippen molar-refractivity contribution < 1.29 is 23.9 Å². The van der Waals surface area contributed by atoms with Crippen LogP contribution in [0.25, 0.3) is 0 Å². The Labute approximate surface area is 150 Å². The molecule has 0 unspecified atom stereocenters. The van der Waals surface area contributed by atoms with Gasteiger partial charge in [-0.3, -0.25) is 14.6 Å². The van der Waals surface area contributed by atoms with E-state index in [-0.39, 0.29) is 18.7 Å². The number of anilines is 1. The molecule has 2 rings (SSSR count). The van der Waals surface area contributed by atoms with Crippen LogP contribution in [0.1, 0.15) is 19.3 Å². The molecular weight excluding hydrogens is 350 g/mol. The smallest absolute Gasteiger partial charge is 0.340 e. The zero-order valence-corrected chi connectivity index (χ0v) is 14.8. The minimum Gasteiger partial charge on any atom is -0.495 e. The van der Waals surface area contributed by atoms with Gasteiger partial charge in [-0.1, -0.05) is 11.6 Å². The van der Waals surface area contributed by atoms with Gasteiger partial charge < -0.3 is 14.8 Å². The van der Waals surface area contributed by atoms with Gasteiger partial charge in [0.15, 0.2) is 0 Å². The maximum absolute atomic E-state index is 12.5. The number of hydrazine groups is 1. The summed E-state index contributed by atoms with van der Waals surface area (Å²) in [6, 6.07) is 4.39. The number of carbonyl (C=O) groups is 3. The van der Waals surface area contributed by atoms with Crippen LogP contribution in [0.4, 0.5) is 10.5 Å². The van der Waals surface area contributed by atoms with Crippen molar-refractivity contribution in [2.24, 2.45) is 0 Å². The Morgan fingerprint density at radius 2 is 1.88 bits per heavy atom. The fourth-order valence-electron chi connectivity index (χ4n) is 2.48. The van der Waals surface area contributed by atoms with Crippen LogP contribution in [0.5, 0.6) is 5.75 Å². The highest BCUT2D eigenvalue weighted by atomic mass is 35.5. The minimum absolute atomic E-state index is 0.0169. The molecule has 1 fully saturated rings. The van der Waals surface area contributed by atoms with E-state index in [4.69, 9.17) is 16.3 Å². The number of nitrogens with one attached hydrogen (secondary N) is 1. The van der Waals surface area contributed by atoms with Gasteiger partial charge in [0.05, 0.1) is 26.3 Å². The van der Waals surface area contributed by atoms with Gasteiger partial charge in [0.2, 0.25) is 5.91 Å². The van der Waals surface area contributed by atoms with Crippen molar-refractivity contribution in [1.82, 2.24) is 10.0 Å². The summed E-state index contributed by atoms with van der Waals surface area (Å²) in [6.45, 7) is 0.818. The number of halogens is 1. The molecule has 0 atom stereocenters. The number of esters is 1. The fraction of sp³-hybridized carbons (Fsp3) is 0.438. The number of hydrogen-bond acceptors (Lipinski definition) is 5. The predicted molar refractivity (Wildman–Crippen MR) is 91.3 cm³/mol. The molecular formula is C16H20ClN3O5. The van der Waals surface area contributed by atoms with Crippen LogP contribution in [0.2, 0.25) is 5.02 Å². The molecule has 1 heterocycles. The van der Waals surface area contributed by atoms with Crippen molar-refractivity contribution in [2.75, 3.05) is 32.6 Å². The Morgan fingerprint density at radius 3 is 2.56 bits per heavy atom. The average Bonchev–Trinajstić information content (AvgIpc) is 3.09. The summed E-state index contributed by atoms with van der Waals surface area (Å²) < 4.78 is 9.72. The first-order valence-electron chi connectivity index (χ1n) is 7.75. The molecule has 1 N–H and O–H groups in total. The van der Waals surface area contributed by atoms with Crippen molar-refractivity contribution in [3.8, 4) is 5.75 Å². The minimum atomic E-state index is -0.468. The summed E-state index contributed by atoms with van der Waals surface area (Å²) in [5.74, 6) is -0.316. The van der Waals surface area contributed by atoms with E-state index in [1.807, 2.05) is 0 Å². The molecule has 0 aromatic heterocycles. The van der Waals surface area contributed by atoms with Gasteiger partial charge in [-0.2, -0.15) is 0 Å². The molecule has 0 aliphatic carbocycles. The van der Waals surface area contributed by atoms with Crippen LogP contribution in [-0.2, 0) is 14.3 Å². The lowest BCUT2D eigenvalue weighted by atomic mass is 10.3. The Kier molecular flexibility index (Phi) is 6.46. The Morgan fingerprint density at radius 1 is 1.16 bits per heavy atom. The quantitative estimate of drug-likeness (QED) is 0.804. The summed E-state index contributed by atoms with van der Waals surface area (Å²) in [4.78, 5) is 36.0. The lowest BCUT2D eigenvalue weighted by Crippen LogP contribution is -2.46. The number of rotatable bonds is 5. The second-order valence-corrected chi connectivity index (χ2v) is 5.78.